The van der Waals surface area contributed by atoms with Crippen LogP contribution in [0.15, 0.2) is 51.0 Å². The van der Waals surface area contributed by atoms with Crippen LogP contribution in [-0.4, -0.2) is 23.0 Å². The Bertz CT molecular complexity index is 463. The van der Waals surface area contributed by atoms with Crippen molar-refractivity contribution in [2.24, 2.45) is 0 Å². The molecule has 0 unspecified atom stereocenters. The van der Waals surface area contributed by atoms with Gasteiger partial charge in [0, 0.05) is 14.4 Å². The van der Waals surface area contributed by atoms with E-state index >= 15 is 0 Å². The zero-order chi connectivity index (χ0) is 14.3. The number of thioether (sulfide) groups is 4. The molecule has 0 amide bonds. The maximum Gasteiger partial charge on any atom is 0.0370 e. The van der Waals surface area contributed by atoms with Crippen LogP contribution in [0.3, 0.4) is 0 Å². The molecule has 0 aliphatic carbocycles. The van der Waals surface area contributed by atoms with Gasteiger partial charge < -0.3 is 0 Å². The Morgan fingerprint density at radius 2 is 1.19 bits per heavy atom. The molecule has 2 fully saturated rings. The molecule has 2 aliphatic heterocycles. The maximum absolute atomic E-state index is 2.48. The Morgan fingerprint density at radius 3 is 1.67 bits per heavy atom. The highest BCUT2D eigenvalue weighted by Crippen LogP contribution is 2.40. The van der Waals surface area contributed by atoms with Gasteiger partial charge in [-0.15, -0.1) is 47.0 Å². The molecule has 0 saturated carbocycles. The van der Waals surface area contributed by atoms with Gasteiger partial charge in [0.1, 0.15) is 0 Å². The summed E-state index contributed by atoms with van der Waals surface area (Å²) in [5, 5.41) is 0. The standard InChI is InChI=1S/C17H20S4/c1-2-6-14(7-3-1)15(12-16-18-8-4-9-19-16)13-17-20-10-5-11-21-17/h1-3,6-7,12-13,15H,4-5,8-11H2. The predicted molar refractivity (Wildman–Crippen MR) is 104 cm³/mol. The first-order valence-electron chi connectivity index (χ1n) is 7.41. The molecule has 0 atom stereocenters. The van der Waals surface area contributed by atoms with Crippen LogP contribution in [0.5, 0.6) is 0 Å². The Kier molecular flexibility index (Phi) is 6.59. The van der Waals surface area contributed by atoms with Gasteiger partial charge in [-0.1, -0.05) is 42.5 Å². The summed E-state index contributed by atoms with van der Waals surface area (Å²) >= 11 is 8.12. The van der Waals surface area contributed by atoms with Gasteiger partial charge in [-0.3, -0.25) is 0 Å². The topological polar surface area (TPSA) is 0 Å². The molecule has 0 nitrogen and oxygen atoms in total. The first kappa shape index (κ1) is 16.0. The van der Waals surface area contributed by atoms with Crippen LogP contribution in [0.4, 0.5) is 0 Å². The van der Waals surface area contributed by atoms with Crippen LogP contribution in [0.1, 0.15) is 24.3 Å². The SMILES string of the molecule is C(=C1SCCCS1)C(C=C1SCCCS1)c1ccccc1. The van der Waals surface area contributed by atoms with Crippen molar-refractivity contribution >= 4 is 47.0 Å². The fourth-order valence-electron chi connectivity index (χ4n) is 2.29. The largest absolute Gasteiger partial charge is 0.120 e. The van der Waals surface area contributed by atoms with Crippen molar-refractivity contribution in [2.45, 2.75) is 18.8 Å². The third kappa shape index (κ3) is 5.05. The van der Waals surface area contributed by atoms with Crippen molar-refractivity contribution in [1.29, 1.82) is 0 Å². The van der Waals surface area contributed by atoms with Crippen molar-refractivity contribution in [1.82, 2.24) is 0 Å². The molecule has 21 heavy (non-hydrogen) atoms. The molecule has 0 aromatic heterocycles. The molecule has 0 spiro atoms. The van der Waals surface area contributed by atoms with E-state index < -0.39 is 0 Å². The van der Waals surface area contributed by atoms with E-state index in [9.17, 15) is 0 Å². The minimum Gasteiger partial charge on any atom is -0.120 e. The number of allylic oxidation sites excluding steroid dienone is 2. The van der Waals surface area contributed by atoms with E-state index in [4.69, 9.17) is 0 Å². The fraction of sp³-hybridized carbons (Fsp3) is 0.412. The van der Waals surface area contributed by atoms with E-state index in [-0.39, 0.29) is 0 Å². The van der Waals surface area contributed by atoms with Crippen molar-refractivity contribution in [2.75, 3.05) is 23.0 Å². The minimum atomic E-state index is 0.424. The van der Waals surface area contributed by atoms with E-state index in [0.717, 1.165) is 0 Å². The first-order valence-corrected chi connectivity index (χ1v) is 11.4. The zero-order valence-electron chi connectivity index (χ0n) is 12.0. The molecule has 1 aromatic carbocycles. The summed E-state index contributed by atoms with van der Waals surface area (Å²) in [5.74, 6) is 5.54. The van der Waals surface area contributed by atoms with Crippen LogP contribution in [0.2, 0.25) is 0 Å². The van der Waals surface area contributed by atoms with Gasteiger partial charge in [0.25, 0.3) is 0 Å². The fourth-order valence-corrected chi connectivity index (χ4v) is 7.26. The smallest absolute Gasteiger partial charge is 0.0370 e. The summed E-state index contributed by atoms with van der Waals surface area (Å²) in [4.78, 5) is 0. The molecule has 112 valence electrons. The lowest BCUT2D eigenvalue weighted by molar-refractivity contribution is 1.08. The molecule has 4 heteroatoms. The Morgan fingerprint density at radius 1 is 0.714 bits per heavy atom. The summed E-state index contributed by atoms with van der Waals surface area (Å²) in [7, 11) is 0. The highest BCUT2D eigenvalue weighted by molar-refractivity contribution is 8.23. The molecule has 0 bridgehead atoms. The molecule has 2 heterocycles. The monoisotopic (exact) mass is 352 g/mol. The van der Waals surface area contributed by atoms with Gasteiger partial charge in [0.05, 0.1) is 0 Å². The lowest BCUT2D eigenvalue weighted by Crippen LogP contribution is -1.98. The zero-order valence-corrected chi connectivity index (χ0v) is 15.3. The number of hydrogen-bond acceptors (Lipinski definition) is 4. The molecular formula is C17H20S4. The second-order valence-electron chi connectivity index (χ2n) is 5.01. The summed E-state index contributed by atoms with van der Waals surface area (Å²) in [6.07, 6.45) is 7.64. The van der Waals surface area contributed by atoms with Gasteiger partial charge in [-0.25, -0.2) is 0 Å². The molecule has 0 N–H and O–H groups in total. The quantitative estimate of drug-likeness (QED) is 0.635. The van der Waals surface area contributed by atoms with E-state index in [1.54, 1.807) is 0 Å². The van der Waals surface area contributed by atoms with Gasteiger partial charge in [0.15, 0.2) is 0 Å². The minimum absolute atomic E-state index is 0.424. The average molecular weight is 353 g/mol. The van der Waals surface area contributed by atoms with Crippen LogP contribution >= 0.6 is 47.0 Å². The molecule has 3 rings (SSSR count). The van der Waals surface area contributed by atoms with Crippen LogP contribution in [0.25, 0.3) is 0 Å². The molecule has 2 aliphatic rings. The van der Waals surface area contributed by atoms with E-state index in [2.05, 4.69) is 42.5 Å². The second kappa shape index (κ2) is 8.66. The number of hydrogen-bond donors (Lipinski definition) is 0. The van der Waals surface area contributed by atoms with Crippen molar-refractivity contribution in [3.05, 3.63) is 56.5 Å². The normalized spacial score (nSPS) is 19.7. The Balaban J connectivity index is 1.83. The lowest BCUT2D eigenvalue weighted by Gasteiger charge is -2.18. The lowest BCUT2D eigenvalue weighted by atomic mass is 10.00. The summed E-state index contributed by atoms with van der Waals surface area (Å²) in [6, 6.07) is 10.9. The second-order valence-corrected chi connectivity index (χ2v) is 10.1. The summed E-state index contributed by atoms with van der Waals surface area (Å²) in [5.41, 5.74) is 1.41. The molecule has 0 radical (unpaired) electrons. The Hall–Kier alpha value is 0.1000. The number of benzene rings is 1. The first-order chi connectivity index (χ1) is 10.4. The van der Waals surface area contributed by atoms with Crippen LogP contribution in [-0.2, 0) is 0 Å². The molecule has 2 saturated heterocycles. The molecular weight excluding hydrogens is 332 g/mol. The number of rotatable bonds is 3. The third-order valence-electron chi connectivity index (χ3n) is 3.37. The van der Waals surface area contributed by atoms with Crippen LogP contribution in [0, 0.1) is 0 Å². The van der Waals surface area contributed by atoms with E-state index in [1.807, 2.05) is 47.0 Å². The van der Waals surface area contributed by atoms with Crippen LogP contribution < -0.4 is 0 Å². The van der Waals surface area contributed by atoms with E-state index in [1.165, 1.54) is 49.9 Å². The van der Waals surface area contributed by atoms with Gasteiger partial charge in [-0.05, 0) is 41.4 Å². The highest BCUT2D eigenvalue weighted by Gasteiger charge is 2.14. The highest BCUT2D eigenvalue weighted by atomic mass is 32.2. The summed E-state index contributed by atoms with van der Waals surface area (Å²) < 4.78 is 3.02. The average Bonchev–Trinajstić information content (AvgIpc) is 2.57. The van der Waals surface area contributed by atoms with Gasteiger partial charge >= 0.3 is 0 Å². The summed E-state index contributed by atoms with van der Waals surface area (Å²) in [6.45, 7) is 0. The van der Waals surface area contributed by atoms with E-state index in [0.29, 0.717) is 5.92 Å². The maximum atomic E-state index is 2.48. The van der Waals surface area contributed by atoms with Crippen molar-refractivity contribution in [3.63, 3.8) is 0 Å². The molecule has 1 aromatic rings. The predicted octanol–water partition coefficient (Wildman–Crippen LogP) is 6.19. The van der Waals surface area contributed by atoms with Gasteiger partial charge in [0.2, 0.25) is 0 Å². The van der Waals surface area contributed by atoms with Crippen molar-refractivity contribution < 1.29 is 0 Å². The van der Waals surface area contributed by atoms with Gasteiger partial charge in [-0.2, -0.15) is 0 Å². The third-order valence-corrected chi connectivity index (χ3v) is 8.44. The van der Waals surface area contributed by atoms with Crippen molar-refractivity contribution in [3.8, 4) is 0 Å². The Labute approximate surface area is 145 Å².